The van der Waals surface area contributed by atoms with Crippen molar-refractivity contribution in [1.29, 1.82) is 0 Å². The van der Waals surface area contributed by atoms with Crippen molar-refractivity contribution in [2.75, 3.05) is 5.73 Å². The van der Waals surface area contributed by atoms with Crippen molar-refractivity contribution in [2.45, 2.75) is 0 Å². The van der Waals surface area contributed by atoms with Gasteiger partial charge >= 0.3 is 0 Å². The number of nitrogens with two attached hydrogens (primary N) is 1. The molecule has 0 unspecified atom stereocenters. The molecule has 2 aromatic rings. The molecular formula is C10H11N3O. The summed E-state index contributed by atoms with van der Waals surface area (Å²) in [6, 6.07) is 10.8. The van der Waals surface area contributed by atoms with E-state index in [2.05, 4.69) is 0 Å². The predicted octanol–water partition coefficient (Wildman–Crippen LogP) is 0.758. The highest BCUT2D eigenvalue weighted by Gasteiger charge is 2.05. The molecule has 1 heterocycles. The second-order valence-corrected chi connectivity index (χ2v) is 3.08. The van der Waals surface area contributed by atoms with Crippen LogP contribution in [-0.2, 0) is 7.05 Å². The third-order valence-corrected chi connectivity index (χ3v) is 2.15. The minimum absolute atomic E-state index is 0.115. The molecule has 2 N–H and O–H groups in total. The summed E-state index contributed by atoms with van der Waals surface area (Å²) in [5.74, 6) is 0.457. The van der Waals surface area contributed by atoms with Crippen LogP contribution in [0, 0.1) is 0 Å². The summed E-state index contributed by atoms with van der Waals surface area (Å²) < 4.78 is 3.15. The number of nitrogen functional groups attached to an aromatic ring is 1. The Kier molecular flexibility index (Phi) is 1.89. The quantitative estimate of drug-likeness (QED) is 0.720. The zero-order chi connectivity index (χ0) is 10.1. The van der Waals surface area contributed by atoms with Crippen LogP contribution in [0.3, 0.4) is 0 Å². The number of benzene rings is 1. The minimum atomic E-state index is -0.115. The summed E-state index contributed by atoms with van der Waals surface area (Å²) >= 11 is 0. The van der Waals surface area contributed by atoms with Gasteiger partial charge in [-0.2, -0.15) is 0 Å². The minimum Gasteiger partial charge on any atom is -0.384 e. The molecule has 0 amide bonds. The topological polar surface area (TPSA) is 52.9 Å². The molecule has 72 valence electrons. The molecule has 0 bridgehead atoms. The van der Waals surface area contributed by atoms with Crippen LogP contribution >= 0.6 is 0 Å². The van der Waals surface area contributed by atoms with E-state index < -0.39 is 0 Å². The second-order valence-electron chi connectivity index (χ2n) is 3.08. The van der Waals surface area contributed by atoms with Crippen molar-refractivity contribution in [3.63, 3.8) is 0 Å². The molecule has 0 aliphatic carbocycles. The van der Waals surface area contributed by atoms with Crippen molar-refractivity contribution in [1.82, 2.24) is 9.36 Å². The molecule has 1 aromatic heterocycles. The second kappa shape index (κ2) is 3.06. The van der Waals surface area contributed by atoms with Crippen LogP contribution in [0.1, 0.15) is 0 Å². The molecule has 1 aromatic carbocycles. The first-order chi connectivity index (χ1) is 6.70. The standard InChI is InChI=1S/C10H11N3O/c1-12-9(11)7-10(14)13(12)8-5-3-2-4-6-8/h2-7H,11H2,1H3. The van der Waals surface area contributed by atoms with Gasteiger partial charge in [-0.25, -0.2) is 4.68 Å². The van der Waals surface area contributed by atoms with Gasteiger partial charge < -0.3 is 5.73 Å². The third-order valence-electron chi connectivity index (χ3n) is 2.15. The summed E-state index contributed by atoms with van der Waals surface area (Å²) in [4.78, 5) is 11.5. The molecule has 0 saturated carbocycles. The summed E-state index contributed by atoms with van der Waals surface area (Å²) in [5, 5.41) is 0. The van der Waals surface area contributed by atoms with Gasteiger partial charge in [-0.15, -0.1) is 0 Å². The van der Waals surface area contributed by atoms with Gasteiger partial charge in [0.25, 0.3) is 5.56 Å². The molecule has 0 aliphatic heterocycles. The van der Waals surface area contributed by atoms with Gasteiger partial charge in [0.15, 0.2) is 0 Å². The summed E-state index contributed by atoms with van der Waals surface area (Å²) in [5.41, 5.74) is 6.32. The SMILES string of the molecule is Cn1c(N)cc(=O)n1-c1ccccc1. The van der Waals surface area contributed by atoms with Crippen LogP contribution in [-0.4, -0.2) is 9.36 Å². The van der Waals surface area contributed by atoms with Gasteiger partial charge in [-0.1, -0.05) is 18.2 Å². The molecule has 0 aliphatic rings. The van der Waals surface area contributed by atoms with Crippen LogP contribution < -0.4 is 11.3 Å². The van der Waals surface area contributed by atoms with Crippen LogP contribution in [0.25, 0.3) is 5.69 Å². The van der Waals surface area contributed by atoms with E-state index in [1.54, 1.807) is 11.7 Å². The molecule has 0 radical (unpaired) electrons. The van der Waals surface area contributed by atoms with Gasteiger partial charge in [-0.05, 0) is 12.1 Å². The average Bonchev–Trinajstić information content (AvgIpc) is 2.43. The molecule has 0 atom stereocenters. The highest BCUT2D eigenvalue weighted by atomic mass is 16.1. The highest BCUT2D eigenvalue weighted by Crippen LogP contribution is 2.06. The van der Waals surface area contributed by atoms with Crippen molar-refractivity contribution in [3.8, 4) is 5.69 Å². The number of nitrogens with zero attached hydrogens (tertiary/aromatic N) is 2. The van der Waals surface area contributed by atoms with E-state index in [0.29, 0.717) is 5.82 Å². The Labute approximate surface area is 81.2 Å². The van der Waals surface area contributed by atoms with Crippen LogP contribution in [0.4, 0.5) is 5.82 Å². The van der Waals surface area contributed by atoms with E-state index in [9.17, 15) is 4.79 Å². The first-order valence-corrected chi connectivity index (χ1v) is 4.30. The molecule has 4 nitrogen and oxygen atoms in total. The summed E-state index contributed by atoms with van der Waals surface area (Å²) in [6.07, 6.45) is 0. The maximum absolute atomic E-state index is 11.5. The number of anilines is 1. The van der Waals surface area contributed by atoms with E-state index >= 15 is 0 Å². The van der Waals surface area contributed by atoms with Gasteiger partial charge in [0.1, 0.15) is 5.82 Å². The Morgan fingerprint density at radius 1 is 1.21 bits per heavy atom. The zero-order valence-electron chi connectivity index (χ0n) is 7.84. The van der Waals surface area contributed by atoms with E-state index in [1.807, 2.05) is 30.3 Å². The van der Waals surface area contributed by atoms with E-state index in [-0.39, 0.29) is 5.56 Å². The fourth-order valence-corrected chi connectivity index (χ4v) is 1.41. The maximum atomic E-state index is 11.5. The predicted molar refractivity (Wildman–Crippen MR) is 55.4 cm³/mol. The Bertz CT molecular complexity index is 496. The van der Waals surface area contributed by atoms with Crippen molar-refractivity contribution < 1.29 is 0 Å². The fourth-order valence-electron chi connectivity index (χ4n) is 1.41. The number of hydrogen-bond donors (Lipinski definition) is 1. The van der Waals surface area contributed by atoms with Crippen molar-refractivity contribution in [2.24, 2.45) is 7.05 Å². The van der Waals surface area contributed by atoms with Gasteiger partial charge in [0, 0.05) is 13.1 Å². The third kappa shape index (κ3) is 1.21. The lowest BCUT2D eigenvalue weighted by Gasteiger charge is -2.07. The number of hydrogen-bond acceptors (Lipinski definition) is 2. The molecule has 2 rings (SSSR count). The van der Waals surface area contributed by atoms with Crippen LogP contribution in [0.2, 0.25) is 0 Å². The number of aromatic nitrogens is 2. The Morgan fingerprint density at radius 2 is 1.86 bits per heavy atom. The van der Waals surface area contributed by atoms with Crippen molar-refractivity contribution >= 4 is 5.82 Å². The van der Waals surface area contributed by atoms with E-state index in [0.717, 1.165) is 5.69 Å². The highest BCUT2D eigenvalue weighted by molar-refractivity contribution is 5.35. The van der Waals surface area contributed by atoms with E-state index in [4.69, 9.17) is 5.73 Å². The fraction of sp³-hybridized carbons (Fsp3) is 0.100. The summed E-state index contributed by atoms with van der Waals surface area (Å²) in [7, 11) is 1.75. The smallest absolute Gasteiger partial charge is 0.273 e. The molecular weight excluding hydrogens is 178 g/mol. The zero-order valence-corrected chi connectivity index (χ0v) is 7.84. The largest absolute Gasteiger partial charge is 0.384 e. The van der Waals surface area contributed by atoms with E-state index in [1.165, 1.54) is 10.7 Å². The number of rotatable bonds is 1. The maximum Gasteiger partial charge on any atom is 0.273 e. The van der Waals surface area contributed by atoms with Crippen LogP contribution in [0.15, 0.2) is 41.2 Å². The first-order valence-electron chi connectivity index (χ1n) is 4.30. The Morgan fingerprint density at radius 3 is 2.36 bits per heavy atom. The lowest BCUT2D eigenvalue weighted by molar-refractivity contribution is 0.654. The normalized spacial score (nSPS) is 10.4. The molecule has 14 heavy (non-hydrogen) atoms. The summed E-state index contributed by atoms with van der Waals surface area (Å²) in [6.45, 7) is 0. The van der Waals surface area contributed by atoms with Gasteiger partial charge in [0.2, 0.25) is 0 Å². The molecule has 0 fully saturated rings. The number of para-hydroxylation sites is 1. The lowest BCUT2D eigenvalue weighted by atomic mass is 10.3. The lowest BCUT2D eigenvalue weighted by Crippen LogP contribution is -2.19. The molecule has 0 spiro atoms. The van der Waals surface area contributed by atoms with Crippen LogP contribution in [0.5, 0.6) is 0 Å². The van der Waals surface area contributed by atoms with Crippen molar-refractivity contribution in [3.05, 3.63) is 46.8 Å². The van der Waals surface area contributed by atoms with Gasteiger partial charge in [-0.3, -0.25) is 9.48 Å². The first kappa shape index (κ1) is 8.62. The molecule has 0 saturated heterocycles. The monoisotopic (exact) mass is 189 g/mol. The molecule has 4 heteroatoms. The van der Waals surface area contributed by atoms with Gasteiger partial charge in [0.05, 0.1) is 5.69 Å². The average molecular weight is 189 g/mol. The Hall–Kier alpha value is -1.97. The Balaban J connectivity index is 2.69.